The molecule has 1 aliphatic rings. The minimum Gasteiger partial charge on any atom is -0.387 e. The molecule has 0 spiro atoms. The molecule has 102 valence electrons. The largest absolute Gasteiger partial charge is 0.387 e. The number of benzene rings is 1. The smallest absolute Gasteiger partial charge is 0.232 e. The maximum absolute atomic E-state index is 11.9. The Balaban J connectivity index is 2.13. The molecule has 0 saturated carbocycles. The van der Waals surface area contributed by atoms with E-state index in [-0.39, 0.29) is 30.2 Å². The molecule has 1 N–H and O–H groups in total. The van der Waals surface area contributed by atoms with Crippen molar-refractivity contribution >= 4 is 23.4 Å². The molecule has 3 unspecified atom stereocenters. The molecular weight excluding hydrogens is 266 g/mol. The normalized spacial score (nSPS) is 24.9. The standard InChI is InChI=1S/C14H16ClNO3/c1-8-9(2)14(19)16(13(8)18)7-12(17)10-4-3-5-11(15)6-10/h3-6,8-9,12,17H,7H2,1-2H3. The molecule has 0 aromatic heterocycles. The number of nitrogens with zero attached hydrogens (tertiary/aromatic N) is 1. The third-order valence-electron chi connectivity index (χ3n) is 3.65. The van der Waals surface area contributed by atoms with Crippen LogP contribution in [0.15, 0.2) is 24.3 Å². The van der Waals surface area contributed by atoms with E-state index in [1.54, 1.807) is 38.1 Å². The Morgan fingerprint density at radius 1 is 1.26 bits per heavy atom. The van der Waals surface area contributed by atoms with Crippen LogP contribution in [-0.4, -0.2) is 28.4 Å². The molecular formula is C14H16ClNO3. The van der Waals surface area contributed by atoms with Crippen molar-refractivity contribution in [3.8, 4) is 0 Å². The van der Waals surface area contributed by atoms with Gasteiger partial charge in [0.2, 0.25) is 11.8 Å². The van der Waals surface area contributed by atoms with Crippen LogP contribution in [0.4, 0.5) is 0 Å². The molecule has 5 heteroatoms. The van der Waals surface area contributed by atoms with E-state index in [4.69, 9.17) is 11.6 Å². The molecule has 1 aromatic carbocycles. The fraction of sp³-hybridized carbons (Fsp3) is 0.429. The summed E-state index contributed by atoms with van der Waals surface area (Å²) in [4.78, 5) is 25.0. The molecule has 0 aliphatic carbocycles. The van der Waals surface area contributed by atoms with Gasteiger partial charge in [0.25, 0.3) is 0 Å². The highest BCUT2D eigenvalue weighted by Gasteiger charge is 2.42. The van der Waals surface area contributed by atoms with Crippen LogP contribution in [0.1, 0.15) is 25.5 Å². The fourth-order valence-corrected chi connectivity index (χ4v) is 2.40. The van der Waals surface area contributed by atoms with Crippen LogP contribution in [0.25, 0.3) is 0 Å². The number of amides is 2. The lowest BCUT2D eigenvalue weighted by Gasteiger charge is -2.19. The third-order valence-corrected chi connectivity index (χ3v) is 3.89. The Morgan fingerprint density at radius 2 is 1.84 bits per heavy atom. The second-order valence-electron chi connectivity index (χ2n) is 4.94. The maximum Gasteiger partial charge on any atom is 0.232 e. The van der Waals surface area contributed by atoms with Crippen LogP contribution in [-0.2, 0) is 9.59 Å². The lowest BCUT2D eigenvalue weighted by molar-refractivity contribution is -0.141. The SMILES string of the molecule is CC1C(=O)N(CC(O)c2cccc(Cl)c2)C(=O)C1C. The Labute approximate surface area is 117 Å². The monoisotopic (exact) mass is 281 g/mol. The van der Waals surface area contributed by atoms with Crippen molar-refractivity contribution in [1.82, 2.24) is 4.90 Å². The van der Waals surface area contributed by atoms with Gasteiger partial charge in [0, 0.05) is 16.9 Å². The minimum absolute atomic E-state index is 0.0211. The zero-order valence-corrected chi connectivity index (χ0v) is 11.6. The number of rotatable bonds is 3. The van der Waals surface area contributed by atoms with Crippen molar-refractivity contribution in [2.45, 2.75) is 20.0 Å². The molecule has 1 heterocycles. The van der Waals surface area contributed by atoms with E-state index in [9.17, 15) is 14.7 Å². The summed E-state index contributed by atoms with van der Waals surface area (Å²) in [5.74, 6) is -1.09. The van der Waals surface area contributed by atoms with Crippen LogP contribution < -0.4 is 0 Å². The highest BCUT2D eigenvalue weighted by molar-refractivity contribution is 6.30. The maximum atomic E-state index is 11.9. The number of imide groups is 1. The second-order valence-corrected chi connectivity index (χ2v) is 5.37. The van der Waals surface area contributed by atoms with E-state index in [0.29, 0.717) is 10.6 Å². The van der Waals surface area contributed by atoms with Gasteiger partial charge < -0.3 is 5.11 Å². The first kappa shape index (κ1) is 14.0. The first-order chi connectivity index (χ1) is 8.91. The van der Waals surface area contributed by atoms with E-state index in [0.717, 1.165) is 4.90 Å². The summed E-state index contributed by atoms with van der Waals surface area (Å²) in [6.45, 7) is 3.44. The van der Waals surface area contributed by atoms with Crippen molar-refractivity contribution in [3.05, 3.63) is 34.9 Å². The van der Waals surface area contributed by atoms with Gasteiger partial charge in [-0.15, -0.1) is 0 Å². The van der Waals surface area contributed by atoms with Crippen LogP contribution in [0.2, 0.25) is 5.02 Å². The molecule has 0 bridgehead atoms. The highest BCUT2D eigenvalue weighted by Crippen LogP contribution is 2.28. The van der Waals surface area contributed by atoms with Gasteiger partial charge in [-0.05, 0) is 17.7 Å². The molecule has 3 atom stereocenters. The summed E-state index contributed by atoms with van der Waals surface area (Å²) in [6.07, 6.45) is -0.913. The van der Waals surface area contributed by atoms with Crippen molar-refractivity contribution in [2.24, 2.45) is 11.8 Å². The zero-order chi connectivity index (χ0) is 14.2. The van der Waals surface area contributed by atoms with Crippen molar-refractivity contribution in [2.75, 3.05) is 6.54 Å². The molecule has 1 aliphatic heterocycles. The number of aliphatic hydroxyl groups excluding tert-OH is 1. The Morgan fingerprint density at radius 3 is 2.37 bits per heavy atom. The number of hydrogen-bond acceptors (Lipinski definition) is 3. The van der Waals surface area contributed by atoms with Crippen molar-refractivity contribution < 1.29 is 14.7 Å². The average Bonchev–Trinajstić information content (AvgIpc) is 2.56. The number of β-amino-alcohol motifs (C(OH)–C–C–N with tert-alkyl or cyclic N) is 1. The zero-order valence-electron chi connectivity index (χ0n) is 10.8. The van der Waals surface area contributed by atoms with Gasteiger partial charge in [-0.3, -0.25) is 14.5 Å². The predicted octanol–water partition coefficient (Wildman–Crippen LogP) is 2.01. The number of carbonyl (C=O) groups is 2. The summed E-state index contributed by atoms with van der Waals surface area (Å²) in [5.41, 5.74) is 0.598. The van der Waals surface area contributed by atoms with E-state index in [2.05, 4.69) is 0 Å². The first-order valence-electron chi connectivity index (χ1n) is 6.20. The third kappa shape index (κ3) is 2.65. The van der Waals surface area contributed by atoms with Gasteiger partial charge in [0.15, 0.2) is 0 Å². The van der Waals surface area contributed by atoms with Crippen LogP contribution in [0.3, 0.4) is 0 Å². The van der Waals surface area contributed by atoms with Gasteiger partial charge in [0.05, 0.1) is 12.6 Å². The lowest BCUT2D eigenvalue weighted by Crippen LogP contribution is -2.34. The van der Waals surface area contributed by atoms with E-state index >= 15 is 0 Å². The molecule has 2 amide bonds. The lowest BCUT2D eigenvalue weighted by atomic mass is 10.00. The Hall–Kier alpha value is -1.39. The summed E-state index contributed by atoms with van der Waals surface area (Å²) in [6, 6.07) is 6.77. The molecule has 1 saturated heterocycles. The second kappa shape index (κ2) is 5.31. The summed E-state index contributed by atoms with van der Waals surface area (Å²) >= 11 is 5.85. The number of likely N-dealkylation sites (tertiary alicyclic amines) is 1. The molecule has 1 fully saturated rings. The van der Waals surface area contributed by atoms with E-state index in [1.165, 1.54) is 0 Å². The van der Waals surface area contributed by atoms with Gasteiger partial charge in [-0.1, -0.05) is 37.6 Å². The highest BCUT2D eigenvalue weighted by atomic mass is 35.5. The quantitative estimate of drug-likeness (QED) is 0.863. The molecule has 2 rings (SSSR count). The summed E-state index contributed by atoms with van der Waals surface area (Å²) < 4.78 is 0. The number of aliphatic hydroxyl groups is 1. The fourth-order valence-electron chi connectivity index (χ4n) is 2.20. The Bertz CT molecular complexity index is 497. The molecule has 4 nitrogen and oxygen atoms in total. The Kier molecular flexibility index (Phi) is 3.92. The first-order valence-corrected chi connectivity index (χ1v) is 6.58. The van der Waals surface area contributed by atoms with E-state index in [1.807, 2.05) is 0 Å². The van der Waals surface area contributed by atoms with Crippen molar-refractivity contribution in [1.29, 1.82) is 0 Å². The summed E-state index contributed by atoms with van der Waals surface area (Å²) in [5, 5.41) is 10.6. The average molecular weight is 282 g/mol. The molecule has 1 aromatic rings. The minimum atomic E-state index is -0.913. The molecule has 19 heavy (non-hydrogen) atoms. The summed E-state index contributed by atoms with van der Waals surface area (Å²) in [7, 11) is 0. The number of hydrogen-bond donors (Lipinski definition) is 1. The topological polar surface area (TPSA) is 57.6 Å². The number of carbonyl (C=O) groups excluding carboxylic acids is 2. The van der Waals surface area contributed by atoms with Crippen LogP contribution >= 0.6 is 11.6 Å². The van der Waals surface area contributed by atoms with Gasteiger partial charge in [-0.2, -0.15) is 0 Å². The van der Waals surface area contributed by atoms with Crippen LogP contribution in [0.5, 0.6) is 0 Å². The number of halogens is 1. The predicted molar refractivity (Wildman–Crippen MR) is 71.5 cm³/mol. The van der Waals surface area contributed by atoms with Crippen LogP contribution in [0, 0.1) is 11.8 Å². The van der Waals surface area contributed by atoms with Gasteiger partial charge in [0.1, 0.15) is 0 Å². The molecule has 0 radical (unpaired) electrons. The van der Waals surface area contributed by atoms with Gasteiger partial charge >= 0.3 is 0 Å². The van der Waals surface area contributed by atoms with E-state index < -0.39 is 6.10 Å². The van der Waals surface area contributed by atoms with Gasteiger partial charge in [-0.25, -0.2) is 0 Å². The van der Waals surface area contributed by atoms with Crippen molar-refractivity contribution in [3.63, 3.8) is 0 Å².